The molecule has 0 amide bonds. The van der Waals surface area contributed by atoms with Crippen molar-refractivity contribution in [3.8, 4) is 0 Å². The monoisotopic (exact) mass is 162 g/mol. The fourth-order valence-corrected chi connectivity index (χ4v) is 0.761. The minimum atomic E-state index is -4.03. The molecule has 2 atom stereocenters. The van der Waals surface area contributed by atoms with Crippen LogP contribution >= 0.6 is 11.6 Å². The van der Waals surface area contributed by atoms with Crippen LogP contribution in [-0.2, 0) is 0 Å². The lowest BCUT2D eigenvalue weighted by Gasteiger charge is -1.89. The SMILES string of the molecule is CC1(F)C(F)(F)C1(F)Cl. The highest BCUT2D eigenvalue weighted by atomic mass is 35.5. The van der Waals surface area contributed by atoms with Crippen molar-refractivity contribution < 1.29 is 17.6 Å². The van der Waals surface area contributed by atoms with Gasteiger partial charge in [0.15, 0.2) is 0 Å². The maximum Gasteiger partial charge on any atom is 0.336 e. The summed E-state index contributed by atoms with van der Waals surface area (Å²) in [7, 11) is 0. The summed E-state index contributed by atoms with van der Waals surface area (Å²) in [6, 6.07) is 0. The highest BCUT2D eigenvalue weighted by molar-refractivity contribution is 6.27. The van der Waals surface area contributed by atoms with Gasteiger partial charge in [0.05, 0.1) is 0 Å². The Balaban J connectivity index is 2.91. The average molecular weight is 163 g/mol. The number of alkyl halides is 5. The summed E-state index contributed by atoms with van der Waals surface area (Å²) < 4.78 is 47.7. The Hall–Kier alpha value is 0.01000. The van der Waals surface area contributed by atoms with Crippen LogP contribution in [0.2, 0.25) is 0 Å². The van der Waals surface area contributed by atoms with Crippen molar-refractivity contribution in [3.05, 3.63) is 0 Å². The summed E-state index contributed by atoms with van der Waals surface area (Å²) in [5.74, 6) is -4.03. The van der Waals surface area contributed by atoms with E-state index in [0.717, 1.165) is 0 Å². The molecule has 1 saturated carbocycles. The molecule has 1 rings (SSSR count). The smallest absolute Gasteiger partial charge is 0.232 e. The molecular weight excluding hydrogens is 159 g/mol. The van der Waals surface area contributed by atoms with Crippen LogP contribution in [0.25, 0.3) is 0 Å². The molecule has 0 saturated heterocycles. The second-order valence-corrected chi connectivity index (χ2v) is 2.67. The summed E-state index contributed by atoms with van der Waals surface area (Å²) in [6.45, 7) is 0.431. The zero-order chi connectivity index (χ0) is 7.50. The first kappa shape index (κ1) is 7.12. The standard InChI is InChI=1S/C4H3ClF4/c1-2(6)3(5,7)4(2,8)9/h1H3. The number of hydrogen-bond donors (Lipinski definition) is 0. The summed E-state index contributed by atoms with van der Waals surface area (Å²) >= 11 is 4.43. The van der Waals surface area contributed by atoms with Gasteiger partial charge in [-0.2, -0.15) is 8.78 Å². The van der Waals surface area contributed by atoms with Gasteiger partial charge in [0.25, 0.3) is 5.13 Å². The molecule has 0 radical (unpaired) electrons. The summed E-state index contributed by atoms with van der Waals surface area (Å²) in [6.07, 6.45) is 0. The minimum absolute atomic E-state index is 0.431. The molecule has 0 aromatic carbocycles. The first-order valence-corrected chi connectivity index (χ1v) is 2.57. The maximum atomic E-state index is 12.1. The molecule has 0 bridgehead atoms. The van der Waals surface area contributed by atoms with Crippen LogP contribution < -0.4 is 0 Å². The molecule has 0 aromatic heterocycles. The van der Waals surface area contributed by atoms with Gasteiger partial charge >= 0.3 is 5.92 Å². The number of hydrogen-bond acceptors (Lipinski definition) is 0. The van der Waals surface area contributed by atoms with E-state index in [2.05, 4.69) is 11.6 Å². The number of halogens is 5. The molecular formula is C4H3ClF4. The van der Waals surface area contributed by atoms with Gasteiger partial charge in [-0.15, -0.1) is 0 Å². The second-order valence-electron chi connectivity index (χ2n) is 2.15. The van der Waals surface area contributed by atoms with Crippen LogP contribution in [0.5, 0.6) is 0 Å². The first-order valence-electron chi connectivity index (χ1n) is 2.19. The molecule has 54 valence electrons. The zero-order valence-corrected chi connectivity index (χ0v) is 5.15. The molecule has 2 unspecified atom stereocenters. The molecule has 5 heteroatoms. The van der Waals surface area contributed by atoms with Crippen LogP contribution in [-0.4, -0.2) is 16.7 Å². The van der Waals surface area contributed by atoms with E-state index in [1.807, 2.05) is 0 Å². The van der Waals surface area contributed by atoms with Crippen LogP contribution in [0.1, 0.15) is 6.92 Å². The lowest BCUT2D eigenvalue weighted by Crippen LogP contribution is -2.05. The van der Waals surface area contributed by atoms with E-state index in [4.69, 9.17) is 0 Å². The highest BCUT2D eigenvalue weighted by Gasteiger charge is 2.94. The summed E-state index contributed by atoms with van der Waals surface area (Å²) in [4.78, 5) is 0. The fraction of sp³-hybridized carbons (Fsp3) is 1.00. The van der Waals surface area contributed by atoms with Gasteiger partial charge in [0.2, 0.25) is 5.67 Å². The zero-order valence-electron chi connectivity index (χ0n) is 4.39. The van der Waals surface area contributed by atoms with Gasteiger partial charge in [0.1, 0.15) is 0 Å². The topological polar surface area (TPSA) is 0 Å². The molecule has 1 fully saturated rings. The van der Waals surface area contributed by atoms with E-state index in [0.29, 0.717) is 6.92 Å². The van der Waals surface area contributed by atoms with E-state index >= 15 is 0 Å². The van der Waals surface area contributed by atoms with Crippen molar-refractivity contribution in [2.24, 2.45) is 0 Å². The van der Waals surface area contributed by atoms with E-state index < -0.39 is 16.7 Å². The Kier molecular flexibility index (Phi) is 0.960. The van der Waals surface area contributed by atoms with E-state index in [1.54, 1.807) is 0 Å². The summed E-state index contributed by atoms with van der Waals surface area (Å²) in [5, 5.41) is -3.49. The Labute approximate surface area is 53.8 Å². The largest absolute Gasteiger partial charge is 0.336 e. The molecule has 0 nitrogen and oxygen atoms in total. The Morgan fingerprint density at radius 1 is 1.11 bits per heavy atom. The van der Waals surface area contributed by atoms with Crippen LogP contribution in [0.15, 0.2) is 0 Å². The molecule has 9 heavy (non-hydrogen) atoms. The lowest BCUT2D eigenvalue weighted by atomic mass is 10.4. The predicted octanol–water partition coefficient (Wildman–Crippen LogP) is 2.27. The van der Waals surface area contributed by atoms with Crippen LogP contribution in [0.4, 0.5) is 17.6 Å². The Morgan fingerprint density at radius 2 is 1.22 bits per heavy atom. The van der Waals surface area contributed by atoms with E-state index in [-0.39, 0.29) is 0 Å². The predicted molar refractivity (Wildman–Crippen MR) is 24.2 cm³/mol. The molecule has 1 aliphatic rings. The van der Waals surface area contributed by atoms with Crippen LogP contribution in [0, 0.1) is 0 Å². The fourth-order valence-electron chi connectivity index (χ4n) is 0.512. The molecule has 0 heterocycles. The first-order chi connectivity index (χ1) is 3.75. The van der Waals surface area contributed by atoms with Crippen molar-refractivity contribution >= 4 is 11.6 Å². The third-order valence-electron chi connectivity index (χ3n) is 1.51. The lowest BCUT2D eigenvalue weighted by molar-refractivity contribution is 0.0401. The maximum absolute atomic E-state index is 12.1. The van der Waals surface area contributed by atoms with Crippen LogP contribution in [0.3, 0.4) is 0 Å². The number of rotatable bonds is 0. The van der Waals surface area contributed by atoms with Gasteiger partial charge < -0.3 is 0 Å². The summed E-state index contributed by atoms with van der Waals surface area (Å²) in [5.41, 5.74) is -3.19. The van der Waals surface area contributed by atoms with Gasteiger partial charge in [-0.1, -0.05) is 11.6 Å². The van der Waals surface area contributed by atoms with Crippen molar-refractivity contribution in [2.75, 3.05) is 0 Å². The van der Waals surface area contributed by atoms with Gasteiger partial charge in [-0.3, -0.25) is 0 Å². The van der Waals surface area contributed by atoms with Gasteiger partial charge in [0, 0.05) is 0 Å². The average Bonchev–Trinajstić information content (AvgIpc) is 1.84. The molecule has 1 aliphatic carbocycles. The third kappa shape index (κ3) is 0.463. The quantitative estimate of drug-likeness (QED) is 0.379. The van der Waals surface area contributed by atoms with Gasteiger partial charge in [-0.25, -0.2) is 8.78 Å². The minimum Gasteiger partial charge on any atom is -0.232 e. The van der Waals surface area contributed by atoms with Crippen molar-refractivity contribution in [1.29, 1.82) is 0 Å². The Bertz CT molecular complexity index is 110. The Morgan fingerprint density at radius 3 is 1.22 bits per heavy atom. The molecule has 0 aromatic rings. The van der Waals surface area contributed by atoms with Crippen molar-refractivity contribution in [2.45, 2.75) is 23.6 Å². The third-order valence-corrected chi connectivity index (χ3v) is 2.10. The van der Waals surface area contributed by atoms with E-state index in [9.17, 15) is 17.6 Å². The van der Waals surface area contributed by atoms with Gasteiger partial charge in [-0.05, 0) is 6.92 Å². The van der Waals surface area contributed by atoms with E-state index in [1.165, 1.54) is 0 Å². The molecule has 0 spiro atoms. The van der Waals surface area contributed by atoms with Crippen molar-refractivity contribution in [1.82, 2.24) is 0 Å². The highest BCUT2D eigenvalue weighted by Crippen LogP contribution is 2.69. The molecule has 0 aliphatic heterocycles. The molecule has 0 N–H and O–H groups in total. The normalized spacial score (nSPS) is 55.3. The second kappa shape index (κ2) is 1.21. The van der Waals surface area contributed by atoms with Crippen molar-refractivity contribution in [3.63, 3.8) is 0 Å².